The van der Waals surface area contributed by atoms with Crippen LogP contribution in [-0.4, -0.2) is 34.9 Å². The zero-order valence-electron chi connectivity index (χ0n) is 10.6. The molecule has 1 aliphatic carbocycles. The lowest BCUT2D eigenvalue weighted by Gasteiger charge is -2.26. The Morgan fingerprint density at radius 2 is 2.17 bits per heavy atom. The molecule has 0 bridgehead atoms. The van der Waals surface area contributed by atoms with Gasteiger partial charge in [-0.25, -0.2) is 0 Å². The Morgan fingerprint density at radius 1 is 1.50 bits per heavy atom. The van der Waals surface area contributed by atoms with Crippen LogP contribution >= 0.6 is 11.3 Å². The molecule has 1 aromatic rings. The molecule has 0 unspecified atom stereocenters. The van der Waals surface area contributed by atoms with E-state index in [1.54, 1.807) is 18.3 Å². The molecule has 1 heterocycles. The summed E-state index contributed by atoms with van der Waals surface area (Å²) in [5.74, 6) is 0.225. The summed E-state index contributed by atoms with van der Waals surface area (Å²) >= 11 is 1.73. The highest BCUT2D eigenvalue weighted by molar-refractivity contribution is 7.12. The third-order valence-corrected chi connectivity index (χ3v) is 4.51. The standard InChI is InChI=1S/C13H19NO3S/c1-8-3-4-11(18-8)9-5-10(9)12(17)14-13(2,6-15)7-16/h3-4,9-10,15-16H,5-7H2,1-2H3,(H,14,17)/t9-,10+/m1/s1. The van der Waals surface area contributed by atoms with Crippen LogP contribution in [0.5, 0.6) is 0 Å². The van der Waals surface area contributed by atoms with Crippen molar-refractivity contribution in [2.45, 2.75) is 31.7 Å². The monoisotopic (exact) mass is 269 g/mol. The van der Waals surface area contributed by atoms with E-state index >= 15 is 0 Å². The summed E-state index contributed by atoms with van der Waals surface area (Å²) in [5.41, 5.74) is -0.921. The average molecular weight is 269 g/mol. The second kappa shape index (κ2) is 4.99. The van der Waals surface area contributed by atoms with Crippen LogP contribution in [0.25, 0.3) is 0 Å². The van der Waals surface area contributed by atoms with E-state index in [4.69, 9.17) is 10.2 Å². The normalized spacial score (nSPS) is 22.9. The minimum atomic E-state index is -0.921. The van der Waals surface area contributed by atoms with Gasteiger partial charge < -0.3 is 15.5 Å². The molecular formula is C13H19NO3S. The summed E-state index contributed by atoms with van der Waals surface area (Å²) in [4.78, 5) is 14.5. The fraction of sp³-hybridized carbons (Fsp3) is 0.615. The lowest BCUT2D eigenvalue weighted by Crippen LogP contribution is -2.52. The zero-order valence-corrected chi connectivity index (χ0v) is 11.5. The molecule has 1 saturated carbocycles. The molecule has 1 amide bonds. The number of rotatable bonds is 5. The smallest absolute Gasteiger partial charge is 0.224 e. The fourth-order valence-electron chi connectivity index (χ4n) is 1.97. The van der Waals surface area contributed by atoms with E-state index in [1.807, 2.05) is 0 Å². The lowest BCUT2D eigenvalue weighted by atomic mass is 10.1. The molecule has 1 fully saturated rings. The van der Waals surface area contributed by atoms with Crippen LogP contribution in [0, 0.1) is 12.8 Å². The van der Waals surface area contributed by atoms with Crippen molar-refractivity contribution in [1.29, 1.82) is 0 Å². The fourth-order valence-corrected chi connectivity index (χ4v) is 3.03. The van der Waals surface area contributed by atoms with Crippen LogP contribution in [0.2, 0.25) is 0 Å². The first-order valence-corrected chi connectivity index (χ1v) is 6.91. The third-order valence-electron chi connectivity index (χ3n) is 3.38. The Morgan fingerprint density at radius 3 is 2.67 bits per heavy atom. The van der Waals surface area contributed by atoms with Crippen LogP contribution in [0.4, 0.5) is 0 Å². The second-order valence-electron chi connectivity index (χ2n) is 5.26. The van der Waals surface area contributed by atoms with Crippen LogP contribution in [0.3, 0.4) is 0 Å². The number of aliphatic hydroxyl groups is 2. The first-order valence-electron chi connectivity index (χ1n) is 6.09. The molecule has 0 aliphatic heterocycles. The van der Waals surface area contributed by atoms with Crippen LogP contribution in [0.15, 0.2) is 12.1 Å². The van der Waals surface area contributed by atoms with Gasteiger partial charge in [0.25, 0.3) is 0 Å². The number of aryl methyl sites for hydroxylation is 1. The summed E-state index contributed by atoms with van der Waals surface area (Å²) in [6.45, 7) is 3.17. The number of hydrogen-bond acceptors (Lipinski definition) is 4. The van der Waals surface area contributed by atoms with Crippen LogP contribution < -0.4 is 5.32 Å². The summed E-state index contributed by atoms with van der Waals surface area (Å²) in [5, 5.41) is 21.0. The van der Waals surface area contributed by atoms with E-state index in [0.717, 1.165) is 6.42 Å². The van der Waals surface area contributed by atoms with E-state index < -0.39 is 5.54 Å². The summed E-state index contributed by atoms with van der Waals surface area (Å²) in [7, 11) is 0. The highest BCUT2D eigenvalue weighted by atomic mass is 32.1. The topological polar surface area (TPSA) is 69.6 Å². The highest BCUT2D eigenvalue weighted by Gasteiger charge is 2.46. The minimum Gasteiger partial charge on any atom is -0.394 e. The molecule has 2 atom stereocenters. The Kier molecular flexibility index (Phi) is 3.75. The number of amides is 1. The van der Waals surface area contributed by atoms with Crippen molar-refractivity contribution in [3.05, 3.63) is 21.9 Å². The predicted molar refractivity (Wildman–Crippen MR) is 70.6 cm³/mol. The Labute approximate surface area is 111 Å². The molecule has 0 radical (unpaired) electrons. The van der Waals surface area contributed by atoms with Gasteiger partial charge in [0.15, 0.2) is 0 Å². The highest BCUT2D eigenvalue weighted by Crippen LogP contribution is 2.49. The maximum atomic E-state index is 12.0. The van der Waals surface area contributed by atoms with Crippen molar-refractivity contribution in [3.63, 3.8) is 0 Å². The molecule has 3 N–H and O–H groups in total. The van der Waals surface area contributed by atoms with E-state index in [-0.39, 0.29) is 25.0 Å². The van der Waals surface area contributed by atoms with Crippen molar-refractivity contribution in [1.82, 2.24) is 5.32 Å². The molecule has 1 aromatic heterocycles. The van der Waals surface area contributed by atoms with E-state index in [2.05, 4.69) is 24.4 Å². The molecule has 0 saturated heterocycles. The molecular weight excluding hydrogens is 250 g/mol. The van der Waals surface area contributed by atoms with Gasteiger partial charge in [-0.1, -0.05) is 0 Å². The molecule has 0 spiro atoms. The van der Waals surface area contributed by atoms with Crippen molar-refractivity contribution >= 4 is 17.2 Å². The van der Waals surface area contributed by atoms with Crippen molar-refractivity contribution in [2.75, 3.05) is 13.2 Å². The van der Waals surface area contributed by atoms with Crippen LogP contribution in [0.1, 0.15) is 29.0 Å². The van der Waals surface area contributed by atoms with Gasteiger partial charge in [-0.3, -0.25) is 4.79 Å². The quantitative estimate of drug-likeness (QED) is 0.747. The van der Waals surface area contributed by atoms with E-state index in [9.17, 15) is 4.79 Å². The number of carbonyl (C=O) groups excluding carboxylic acids is 1. The number of nitrogens with one attached hydrogen (secondary N) is 1. The third kappa shape index (κ3) is 2.74. The first-order chi connectivity index (χ1) is 8.49. The minimum absolute atomic E-state index is 0.0134. The second-order valence-corrected chi connectivity index (χ2v) is 6.58. The molecule has 0 aromatic carbocycles. The summed E-state index contributed by atoms with van der Waals surface area (Å²) in [6.07, 6.45) is 0.860. The SMILES string of the molecule is Cc1ccc([C@@H]2C[C@@H]2C(=O)NC(C)(CO)CO)s1. The van der Waals surface area contributed by atoms with Crippen molar-refractivity contribution in [2.24, 2.45) is 5.92 Å². The number of carbonyl (C=O) groups is 1. The predicted octanol–water partition coefficient (Wildman–Crippen LogP) is 1.02. The summed E-state index contributed by atoms with van der Waals surface area (Å²) < 4.78 is 0. The molecule has 18 heavy (non-hydrogen) atoms. The van der Waals surface area contributed by atoms with Gasteiger partial charge in [0.1, 0.15) is 0 Å². The maximum Gasteiger partial charge on any atom is 0.224 e. The van der Waals surface area contributed by atoms with E-state index in [1.165, 1.54) is 9.75 Å². The Balaban J connectivity index is 1.93. The van der Waals surface area contributed by atoms with Gasteiger partial charge in [-0.05, 0) is 32.4 Å². The molecule has 5 heteroatoms. The Bertz CT molecular complexity index is 439. The van der Waals surface area contributed by atoms with E-state index in [0.29, 0.717) is 5.92 Å². The largest absolute Gasteiger partial charge is 0.394 e. The lowest BCUT2D eigenvalue weighted by molar-refractivity contribution is -0.125. The van der Waals surface area contributed by atoms with Gasteiger partial charge in [-0.2, -0.15) is 0 Å². The van der Waals surface area contributed by atoms with Crippen molar-refractivity contribution < 1.29 is 15.0 Å². The molecule has 100 valence electrons. The molecule has 2 rings (SSSR count). The van der Waals surface area contributed by atoms with Gasteiger partial charge in [0, 0.05) is 21.6 Å². The van der Waals surface area contributed by atoms with Gasteiger partial charge in [-0.15, -0.1) is 11.3 Å². The number of hydrogen-bond donors (Lipinski definition) is 3. The number of thiophene rings is 1. The van der Waals surface area contributed by atoms with Crippen LogP contribution in [-0.2, 0) is 4.79 Å². The van der Waals surface area contributed by atoms with Gasteiger partial charge in [0.05, 0.1) is 18.8 Å². The Hall–Kier alpha value is -0.910. The summed E-state index contributed by atoms with van der Waals surface area (Å²) in [6, 6.07) is 4.15. The molecule has 1 aliphatic rings. The maximum absolute atomic E-state index is 12.0. The van der Waals surface area contributed by atoms with Gasteiger partial charge >= 0.3 is 0 Å². The average Bonchev–Trinajstić information content (AvgIpc) is 3.05. The number of aliphatic hydroxyl groups excluding tert-OH is 2. The zero-order chi connectivity index (χ0) is 13.3. The van der Waals surface area contributed by atoms with Crippen molar-refractivity contribution in [3.8, 4) is 0 Å². The molecule has 4 nitrogen and oxygen atoms in total. The first kappa shape index (κ1) is 13.5. The van der Waals surface area contributed by atoms with Gasteiger partial charge in [0.2, 0.25) is 5.91 Å².